The molecule has 4 nitrogen and oxygen atoms in total. The van der Waals surface area contributed by atoms with Gasteiger partial charge in [0.05, 0.1) is 0 Å². The third-order valence-electron chi connectivity index (χ3n) is 5.10. The number of carbonyl (C=O) groups is 2. The highest BCUT2D eigenvalue weighted by Crippen LogP contribution is 2.23. The van der Waals surface area contributed by atoms with Gasteiger partial charge in [-0.1, -0.05) is 73.1 Å². The summed E-state index contributed by atoms with van der Waals surface area (Å²) < 4.78 is 0.953. The molecule has 0 heterocycles. The van der Waals surface area contributed by atoms with Gasteiger partial charge in [-0.2, -0.15) is 0 Å². The number of nitrogens with one attached hydrogen (secondary N) is 1. The SMILES string of the molecule is CNC(=O)[C@@H](C)N(Cc1cccc(Br)c1)C(=O)CCc1ccc(C(C)(C)C)cc1. The Balaban J connectivity index is 2.11. The molecule has 2 aromatic rings. The van der Waals surface area contributed by atoms with Crippen LogP contribution in [-0.4, -0.2) is 29.8 Å². The van der Waals surface area contributed by atoms with E-state index < -0.39 is 6.04 Å². The standard InChI is InChI=1S/C24H31BrN2O2/c1-17(23(29)26-5)27(16-19-7-6-8-21(25)15-19)22(28)14-11-18-9-12-20(13-10-18)24(2,3)4/h6-10,12-13,15,17H,11,14,16H2,1-5H3,(H,26,29)/t17-/m1/s1. The lowest BCUT2D eigenvalue weighted by atomic mass is 9.86. The molecule has 2 aromatic carbocycles. The van der Waals surface area contributed by atoms with E-state index >= 15 is 0 Å². The molecule has 29 heavy (non-hydrogen) atoms. The van der Waals surface area contributed by atoms with Crippen molar-refractivity contribution in [3.05, 3.63) is 69.7 Å². The summed E-state index contributed by atoms with van der Waals surface area (Å²) in [5, 5.41) is 2.65. The van der Waals surface area contributed by atoms with Crippen LogP contribution in [0.1, 0.15) is 50.8 Å². The molecule has 0 aliphatic heterocycles. The number of halogens is 1. The van der Waals surface area contributed by atoms with E-state index in [0.29, 0.717) is 19.4 Å². The number of hydrogen-bond donors (Lipinski definition) is 1. The molecular weight excluding hydrogens is 428 g/mol. The van der Waals surface area contributed by atoms with Crippen molar-refractivity contribution in [1.29, 1.82) is 0 Å². The van der Waals surface area contributed by atoms with Crippen LogP contribution in [0.2, 0.25) is 0 Å². The molecule has 0 bridgehead atoms. The van der Waals surface area contributed by atoms with Crippen LogP contribution in [0.4, 0.5) is 0 Å². The Kier molecular flexibility index (Phi) is 8.03. The fourth-order valence-corrected chi connectivity index (χ4v) is 3.64. The number of aryl methyl sites for hydroxylation is 1. The van der Waals surface area contributed by atoms with Crippen molar-refractivity contribution in [3.8, 4) is 0 Å². The summed E-state index contributed by atoms with van der Waals surface area (Å²) in [5.74, 6) is -0.191. The first-order valence-electron chi connectivity index (χ1n) is 9.96. The molecule has 0 aliphatic carbocycles. The average molecular weight is 459 g/mol. The Morgan fingerprint density at radius 3 is 2.28 bits per heavy atom. The Morgan fingerprint density at radius 2 is 1.72 bits per heavy atom. The lowest BCUT2D eigenvalue weighted by Gasteiger charge is -2.28. The molecule has 0 aromatic heterocycles. The van der Waals surface area contributed by atoms with Crippen molar-refractivity contribution in [2.45, 2.75) is 58.5 Å². The molecule has 0 radical (unpaired) electrons. The third kappa shape index (κ3) is 6.70. The van der Waals surface area contributed by atoms with Crippen molar-refractivity contribution in [2.75, 3.05) is 7.05 Å². The molecule has 0 unspecified atom stereocenters. The van der Waals surface area contributed by atoms with E-state index in [-0.39, 0.29) is 17.2 Å². The smallest absolute Gasteiger partial charge is 0.242 e. The van der Waals surface area contributed by atoms with Crippen molar-refractivity contribution < 1.29 is 9.59 Å². The topological polar surface area (TPSA) is 49.4 Å². The molecule has 5 heteroatoms. The van der Waals surface area contributed by atoms with Crippen LogP contribution in [0.15, 0.2) is 53.0 Å². The van der Waals surface area contributed by atoms with Crippen LogP contribution in [0, 0.1) is 0 Å². The first kappa shape index (κ1) is 23.1. The Hall–Kier alpha value is -2.14. The summed E-state index contributed by atoms with van der Waals surface area (Å²) in [4.78, 5) is 26.9. The lowest BCUT2D eigenvalue weighted by molar-refractivity contribution is -0.140. The van der Waals surface area contributed by atoms with Gasteiger partial charge in [-0.25, -0.2) is 0 Å². The maximum atomic E-state index is 13.0. The molecule has 156 valence electrons. The van der Waals surface area contributed by atoms with E-state index in [1.807, 2.05) is 24.3 Å². The van der Waals surface area contributed by atoms with E-state index in [9.17, 15) is 9.59 Å². The summed E-state index contributed by atoms with van der Waals surface area (Å²) in [6.07, 6.45) is 1.02. The van der Waals surface area contributed by atoms with E-state index in [1.165, 1.54) is 5.56 Å². The quantitative estimate of drug-likeness (QED) is 0.644. The fourth-order valence-electron chi connectivity index (χ4n) is 3.19. The van der Waals surface area contributed by atoms with Gasteiger partial charge in [0.25, 0.3) is 0 Å². The average Bonchev–Trinajstić information content (AvgIpc) is 2.68. The van der Waals surface area contributed by atoms with Gasteiger partial charge >= 0.3 is 0 Å². The van der Waals surface area contributed by atoms with Gasteiger partial charge in [0.15, 0.2) is 0 Å². The highest BCUT2D eigenvalue weighted by molar-refractivity contribution is 9.10. The fraction of sp³-hybridized carbons (Fsp3) is 0.417. The second-order valence-corrected chi connectivity index (χ2v) is 9.30. The minimum absolute atomic E-state index is 0.0269. The van der Waals surface area contributed by atoms with E-state index in [0.717, 1.165) is 15.6 Å². The van der Waals surface area contributed by atoms with Crippen molar-refractivity contribution in [1.82, 2.24) is 10.2 Å². The third-order valence-corrected chi connectivity index (χ3v) is 5.60. The second kappa shape index (κ2) is 10.1. The lowest BCUT2D eigenvalue weighted by Crippen LogP contribution is -2.46. The van der Waals surface area contributed by atoms with E-state index in [2.05, 4.69) is 66.3 Å². The molecule has 1 atom stereocenters. The van der Waals surface area contributed by atoms with Crippen LogP contribution in [0.5, 0.6) is 0 Å². The van der Waals surface area contributed by atoms with Gasteiger partial charge in [0.2, 0.25) is 11.8 Å². The Labute approximate surface area is 182 Å². The number of carbonyl (C=O) groups excluding carboxylic acids is 2. The second-order valence-electron chi connectivity index (χ2n) is 8.39. The zero-order chi connectivity index (χ0) is 21.6. The zero-order valence-electron chi connectivity index (χ0n) is 18.0. The minimum Gasteiger partial charge on any atom is -0.357 e. The van der Waals surface area contributed by atoms with Gasteiger partial charge in [0, 0.05) is 24.5 Å². The van der Waals surface area contributed by atoms with Crippen LogP contribution >= 0.6 is 15.9 Å². The van der Waals surface area contributed by atoms with Crippen LogP contribution in [0.3, 0.4) is 0 Å². The molecular formula is C24H31BrN2O2. The van der Waals surface area contributed by atoms with Gasteiger partial charge in [-0.05, 0) is 47.6 Å². The van der Waals surface area contributed by atoms with Crippen molar-refractivity contribution in [3.63, 3.8) is 0 Å². The molecule has 0 aliphatic rings. The molecule has 0 saturated heterocycles. The zero-order valence-corrected chi connectivity index (χ0v) is 19.5. The maximum Gasteiger partial charge on any atom is 0.242 e. The largest absolute Gasteiger partial charge is 0.357 e. The first-order chi connectivity index (χ1) is 13.6. The van der Waals surface area contributed by atoms with E-state index in [1.54, 1.807) is 18.9 Å². The Morgan fingerprint density at radius 1 is 1.07 bits per heavy atom. The number of likely N-dealkylation sites (N-methyl/N-ethyl adjacent to an activating group) is 1. The number of rotatable bonds is 7. The Bertz CT molecular complexity index is 841. The number of hydrogen-bond acceptors (Lipinski definition) is 2. The molecule has 1 N–H and O–H groups in total. The van der Waals surface area contributed by atoms with Crippen LogP contribution in [-0.2, 0) is 28.0 Å². The van der Waals surface area contributed by atoms with Crippen LogP contribution in [0.25, 0.3) is 0 Å². The first-order valence-corrected chi connectivity index (χ1v) is 10.8. The predicted molar refractivity (Wildman–Crippen MR) is 122 cm³/mol. The summed E-state index contributed by atoms with van der Waals surface area (Å²) in [6, 6.07) is 15.7. The number of benzene rings is 2. The number of nitrogens with zero attached hydrogens (tertiary/aromatic N) is 1. The molecule has 0 saturated carbocycles. The van der Waals surface area contributed by atoms with Crippen molar-refractivity contribution in [2.24, 2.45) is 0 Å². The predicted octanol–water partition coefficient (Wildman–Crippen LogP) is 4.84. The van der Waals surface area contributed by atoms with Gasteiger partial charge in [-0.15, -0.1) is 0 Å². The normalized spacial score (nSPS) is 12.3. The maximum absolute atomic E-state index is 13.0. The molecule has 0 fully saturated rings. The summed E-state index contributed by atoms with van der Waals surface area (Å²) in [6.45, 7) is 8.73. The molecule has 0 spiro atoms. The van der Waals surface area contributed by atoms with E-state index in [4.69, 9.17) is 0 Å². The highest BCUT2D eigenvalue weighted by Gasteiger charge is 2.25. The summed E-state index contributed by atoms with van der Waals surface area (Å²) in [7, 11) is 1.59. The highest BCUT2D eigenvalue weighted by atomic mass is 79.9. The van der Waals surface area contributed by atoms with Gasteiger partial charge in [0.1, 0.15) is 6.04 Å². The van der Waals surface area contributed by atoms with Crippen LogP contribution < -0.4 is 5.32 Å². The summed E-state index contributed by atoms with van der Waals surface area (Å²) in [5.41, 5.74) is 3.49. The van der Waals surface area contributed by atoms with Gasteiger partial charge < -0.3 is 10.2 Å². The minimum atomic E-state index is -0.533. The number of amides is 2. The van der Waals surface area contributed by atoms with Crippen molar-refractivity contribution >= 4 is 27.7 Å². The van der Waals surface area contributed by atoms with Gasteiger partial charge in [-0.3, -0.25) is 9.59 Å². The molecule has 2 rings (SSSR count). The summed E-state index contributed by atoms with van der Waals surface area (Å²) >= 11 is 3.47. The molecule has 2 amide bonds. The monoisotopic (exact) mass is 458 g/mol.